The second-order valence-electron chi connectivity index (χ2n) is 20.7. The van der Waals surface area contributed by atoms with Crippen molar-refractivity contribution in [3.63, 3.8) is 0 Å². The Labute approximate surface area is 435 Å². The smallest absolute Gasteiger partial charge is 0.355 e. The molecule has 16 heteroatoms. The molecule has 4 aromatic carbocycles. The summed E-state index contributed by atoms with van der Waals surface area (Å²) in [6, 6.07) is 30.5. The van der Waals surface area contributed by atoms with Gasteiger partial charge in [0.15, 0.2) is 10.8 Å². The molecular weight excluding hydrogens is 949 g/mol. The van der Waals surface area contributed by atoms with Crippen LogP contribution in [0.4, 0.5) is 22.3 Å². The van der Waals surface area contributed by atoms with Gasteiger partial charge < -0.3 is 19.8 Å². The Balaban J connectivity index is 0.660. The van der Waals surface area contributed by atoms with Gasteiger partial charge >= 0.3 is 5.97 Å². The molecule has 2 saturated heterocycles. The van der Waals surface area contributed by atoms with Gasteiger partial charge in [-0.05, 0) is 141 Å². The highest BCUT2D eigenvalue weighted by Gasteiger charge is 2.33. The lowest BCUT2D eigenvalue weighted by molar-refractivity contribution is -0.134. The van der Waals surface area contributed by atoms with E-state index < -0.39 is 11.9 Å². The molecule has 11 rings (SSSR count). The highest BCUT2D eigenvalue weighted by molar-refractivity contribution is 7.22. The fourth-order valence-corrected chi connectivity index (χ4v) is 12.9. The number of unbranched alkanes of at least 4 members (excludes halogenated alkanes) is 1. The number of pyridine rings is 1. The number of piperazine rings is 1. The summed E-state index contributed by atoms with van der Waals surface area (Å²) in [4.78, 5) is 70.0. The first-order chi connectivity index (χ1) is 35.9. The lowest BCUT2D eigenvalue weighted by Crippen LogP contribution is -2.46. The van der Waals surface area contributed by atoms with Gasteiger partial charge in [0.05, 0.1) is 27.3 Å². The number of aryl methyl sites for hydroxylation is 1. The molecule has 1 unspecified atom stereocenters. The van der Waals surface area contributed by atoms with Gasteiger partial charge in [-0.25, -0.2) is 14.8 Å². The fourth-order valence-electron chi connectivity index (χ4n) is 12.1. The van der Waals surface area contributed by atoms with E-state index >= 15 is 0 Å². The van der Waals surface area contributed by atoms with Gasteiger partial charge in [0.2, 0.25) is 11.8 Å². The number of piperidine rings is 1. The summed E-state index contributed by atoms with van der Waals surface area (Å²) < 4.78 is 2.87. The maximum atomic E-state index is 13.7. The van der Waals surface area contributed by atoms with Crippen LogP contribution in [0.5, 0.6) is 0 Å². The third-order valence-corrected chi connectivity index (χ3v) is 17.2. The van der Waals surface area contributed by atoms with Gasteiger partial charge in [0.25, 0.3) is 5.91 Å². The van der Waals surface area contributed by atoms with E-state index in [4.69, 9.17) is 10.1 Å². The summed E-state index contributed by atoms with van der Waals surface area (Å²) in [5.74, 6) is -0.851. The number of carbonyl (C=O) groups is 4. The molecule has 4 aliphatic rings. The number of fused-ring (bicyclic) bond motifs is 3. The van der Waals surface area contributed by atoms with Crippen molar-refractivity contribution in [1.82, 2.24) is 30.0 Å². The van der Waals surface area contributed by atoms with Crippen molar-refractivity contribution in [1.29, 1.82) is 0 Å². The molecular formula is C58H64N10O5S. The van der Waals surface area contributed by atoms with Gasteiger partial charge in [-0.15, -0.1) is 0 Å². The first kappa shape index (κ1) is 49.1. The highest BCUT2D eigenvalue weighted by Crippen LogP contribution is 2.39. The lowest BCUT2D eigenvalue weighted by Gasteiger charge is -2.37. The molecule has 0 spiro atoms. The number of para-hydroxylation sites is 1. The molecule has 74 heavy (non-hydrogen) atoms. The Kier molecular flexibility index (Phi) is 13.9. The van der Waals surface area contributed by atoms with Crippen molar-refractivity contribution in [2.75, 3.05) is 66.3 Å². The van der Waals surface area contributed by atoms with Crippen LogP contribution < -0.4 is 25.3 Å². The monoisotopic (exact) mass is 1010 g/mol. The zero-order valence-electron chi connectivity index (χ0n) is 42.5. The molecule has 3 amide bonds. The Bertz CT molecular complexity index is 3250. The number of aromatic carboxylic acids is 1. The minimum absolute atomic E-state index is 0.0180. The zero-order chi connectivity index (χ0) is 51.0. The molecule has 3 aliphatic heterocycles. The Hall–Kier alpha value is -7.17. The van der Waals surface area contributed by atoms with E-state index in [2.05, 4.69) is 79.5 Å². The van der Waals surface area contributed by atoms with E-state index in [0.717, 1.165) is 106 Å². The van der Waals surface area contributed by atoms with E-state index in [1.54, 1.807) is 0 Å². The second kappa shape index (κ2) is 21.0. The van der Waals surface area contributed by atoms with E-state index in [0.29, 0.717) is 60.5 Å². The van der Waals surface area contributed by atoms with Gasteiger partial charge in [-0.3, -0.25) is 34.6 Å². The van der Waals surface area contributed by atoms with Crippen molar-refractivity contribution >= 4 is 78.5 Å². The van der Waals surface area contributed by atoms with Crippen molar-refractivity contribution in [2.24, 2.45) is 13.0 Å². The maximum Gasteiger partial charge on any atom is 0.355 e. The topological polar surface area (TPSA) is 169 Å². The molecule has 0 radical (unpaired) electrons. The zero-order valence-corrected chi connectivity index (χ0v) is 43.3. The van der Waals surface area contributed by atoms with Crippen LogP contribution in [-0.2, 0) is 29.6 Å². The number of anilines is 4. The SMILES string of the molecule is Cc1c(-c2ccc(N3CCc4cccc(C(=O)Nc5nc6ccccc6s5)c4C3)nc2C(=O)O)cccc1N(C)C1CCC(CCCCN2CCN(c3ccc4c(C5CCC(=O)NC5=O)nn(C)c4c3)CC2)CC1. The molecule has 6 heterocycles. The molecule has 7 aromatic rings. The first-order valence-corrected chi connectivity index (χ1v) is 27.1. The summed E-state index contributed by atoms with van der Waals surface area (Å²) in [5.41, 5.74) is 10.0. The predicted molar refractivity (Wildman–Crippen MR) is 293 cm³/mol. The fraction of sp³-hybridized carbons (Fsp3) is 0.397. The van der Waals surface area contributed by atoms with Crippen LogP contribution in [0.1, 0.15) is 107 Å². The third-order valence-electron chi connectivity index (χ3n) is 16.3. The van der Waals surface area contributed by atoms with E-state index in [1.807, 2.05) is 72.4 Å². The summed E-state index contributed by atoms with van der Waals surface area (Å²) >= 11 is 1.44. The van der Waals surface area contributed by atoms with Crippen molar-refractivity contribution in [3.05, 3.63) is 125 Å². The first-order valence-electron chi connectivity index (χ1n) is 26.3. The van der Waals surface area contributed by atoms with E-state index in [1.165, 1.54) is 49.1 Å². The van der Waals surface area contributed by atoms with Crippen molar-refractivity contribution in [2.45, 2.75) is 89.6 Å². The lowest BCUT2D eigenvalue weighted by atomic mass is 9.82. The van der Waals surface area contributed by atoms with Crippen LogP contribution in [0.3, 0.4) is 0 Å². The number of benzene rings is 4. The summed E-state index contributed by atoms with van der Waals surface area (Å²) in [6.07, 6.45) is 9.95. The number of nitrogens with zero attached hydrogens (tertiary/aromatic N) is 8. The van der Waals surface area contributed by atoms with Crippen LogP contribution in [0.2, 0.25) is 0 Å². The summed E-state index contributed by atoms with van der Waals surface area (Å²) in [6.45, 7) is 8.31. The van der Waals surface area contributed by atoms with Crippen LogP contribution >= 0.6 is 11.3 Å². The number of imide groups is 1. The quantitative estimate of drug-likeness (QED) is 0.0698. The number of aromatic nitrogens is 4. The van der Waals surface area contributed by atoms with Gasteiger partial charge in [-0.2, -0.15) is 5.10 Å². The van der Waals surface area contributed by atoms with Crippen molar-refractivity contribution < 1.29 is 24.3 Å². The average molecular weight is 1010 g/mol. The van der Waals surface area contributed by atoms with E-state index in [9.17, 15) is 24.3 Å². The second-order valence-corrected chi connectivity index (χ2v) is 21.7. The van der Waals surface area contributed by atoms with Crippen LogP contribution in [0, 0.1) is 12.8 Å². The molecule has 382 valence electrons. The molecule has 1 atom stereocenters. The average Bonchev–Trinajstić information content (AvgIpc) is 3.99. The standard InChI is InChI=1S/C58H64N10O5S/c1-36-41(42-23-25-51(60-54(42)57(72)73)68-29-27-38-11-8-13-43(46(38)35-68)55(70)62-58-59-47-14-4-5-16-50(47)74-58)12-9-15-48(36)64(2)39-19-17-37(18-20-39)10-6-7-28-66-30-32-67(33-31-66)40-21-22-44-49(34-40)65(3)63-53(44)45-24-26-52(69)61-56(45)71/h4-5,8-9,11-16,21-23,25,34,37,39,45H,6-7,10,17-20,24,26-33,35H2,1-3H3,(H,72,73)(H,59,62,70)(H,61,69,71). The number of hydrogen-bond donors (Lipinski definition) is 3. The van der Waals surface area contributed by atoms with Gasteiger partial charge in [-0.1, -0.05) is 60.6 Å². The van der Waals surface area contributed by atoms with Gasteiger partial charge in [0, 0.05) is 93.7 Å². The van der Waals surface area contributed by atoms with Crippen LogP contribution in [-0.4, -0.2) is 106 Å². The number of carboxylic acid groups (broad SMARTS) is 1. The molecule has 1 aliphatic carbocycles. The number of rotatable bonds is 14. The van der Waals surface area contributed by atoms with Crippen LogP contribution in [0.25, 0.3) is 32.2 Å². The number of carboxylic acids is 1. The van der Waals surface area contributed by atoms with Crippen LogP contribution in [0.15, 0.2) is 91.0 Å². The Morgan fingerprint density at radius 2 is 1.65 bits per heavy atom. The maximum absolute atomic E-state index is 13.7. The number of hydrogen-bond acceptors (Lipinski definition) is 12. The normalized spacial score (nSPS) is 19.4. The molecule has 0 bridgehead atoms. The molecule has 1 saturated carbocycles. The minimum Gasteiger partial charge on any atom is -0.476 e. The third kappa shape index (κ3) is 9.96. The largest absolute Gasteiger partial charge is 0.476 e. The molecule has 15 nitrogen and oxygen atoms in total. The highest BCUT2D eigenvalue weighted by atomic mass is 32.1. The number of carbonyl (C=O) groups excluding carboxylic acids is 3. The molecule has 3 fully saturated rings. The summed E-state index contributed by atoms with van der Waals surface area (Å²) in [7, 11) is 4.11. The molecule has 3 N–H and O–H groups in total. The number of amides is 3. The number of nitrogens with one attached hydrogen (secondary N) is 2. The Morgan fingerprint density at radius 3 is 2.45 bits per heavy atom. The predicted octanol–water partition coefficient (Wildman–Crippen LogP) is 9.57. The van der Waals surface area contributed by atoms with Crippen molar-refractivity contribution in [3.8, 4) is 11.1 Å². The summed E-state index contributed by atoms with van der Waals surface area (Å²) in [5, 5.41) is 22.4. The van der Waals surface area contributed by atoms with E-state index in [-0.39, 0.29) is 23.4 Å². The number of thiazole rings is 1. The molecule has 3 aromatic heterocycles. The minimum atomic E-state index is -1.07. The Morgan fingerprint density at radius 1 is 0.838 bits per heavy atom. The van der Waals surface area contributed by atoms with Gasteiger partial charge in [0.1, 0.15) is 5.82 Å².